The Balaban J connectivity index is 1.32. The SMILES string of the molecule is COc1ccc(=O)n(-c2cccc(C(=O)N3CCc4cc(C(=O)Nc5c(C)cccc5F)sc4-c4ccccc43)n2)c1. The summed E-state index contributed by atoms with van der Waals surface area (Å²) in [6.07, 6.45) is 2.02. The third-order valence-electron chi connectivity index (χ3n) is 7.10. The summed E-state index contributed by atoms with van der Waals surface area (Å²) in [6, 6.07) is 21.9. The smallest absolute Gasteiger partial charge is 0.276 e. The Bertz CT molecular complexity index is 1890. The van der Waals surface area contributed by atoms with Gasteiger partial charge in [0.25, 0.3) is 17.4 Å². The second kappa shape index (κ2) is 11.1. The lowest BCUT2D eigenvalue weighted by molar-refractivity contribution is 0.0981. The molecule has 42 heavy (non-hydrogen) atoms. The first-order valence-electron chi connectivity index (χ1n) is 13.2. The number of rotatable bonds is 5. The Morgan fingerprint density at radius 1 is 1.02 bits per heavy atom. The molecular weight excluding hydrogens is 555 g/mol. The Labute approximate surface area is 244 Å². The summed E-state index contributed by atoms with van der Waals surface area (Å²) in [4.78, 5) is 47.0. The molecule has 0 saturated heterocycles. The highest BCUT2D eigenvalue weighted by molar-refractivity contribution is 7.17. The van der Waals surface area contributed by atoms with E-state index in [0.717, 1.165) is 16.0 Å². The summed E-state index contributed by atoms with van der Waals surface area (Å²) in [5.74, 6) is -0.413. The number of fused-ring (bicyclic) bond motifs is 3. The normalized spacial score (nSPS) is 12.2. The molecule has 210 valence electrons. The first kappa shape index (κ1) is 27.1. The van der Waals surface area contributed by atoms with E-state index in [4.69, 9.17) is 4.74 Å². The van der Waals surface area contributed by atoms with Crippen molar-refractivity contribution in [1.82, 2.24) is 9.55 Å². The molecule has 0 radical (unpaired) electrons. The fourth-order valence-electron chi connectivity index (χ4n) is 4.97. The van der Waals surface area contributed by atoms with Gasteiger partial charge in [-0.15, -0.1) is 11.3 Å². The molecule has 0 spiro atoms. The zero-order chi connectivity index (χ0) is 29.4. The van der Waals surface area contributed by atoms with Crippen molar-refractivity contribution in [2.75, 3.05) is 23.9 Å². The molecule has 10 heteroatoms. The number of carbonyl (C=O) groups excluding carboxylic acids is 2. The lowest BCUT2D eigenvalue weighted by Crippen LogP contribution is -2.33. The van der Waals surface area contributed by atoms with Gasteiger partial charge < -0.3 is 15.0 Å². The van der Waals surface area contributed by atoms with Gasteiger partial charge in [0.05, 0.1) is 29.6 Å². The van der Waals surface area contributed by atoms with Crippen LogP contribution in [0.3, 0.4) is 0 Å². The molecule has 0 fully saturated rings. The van der Waals surface area contributed by atoms with Gasteiger partial charge in [-0.25, -0.2) is 9.37 Å². The predicted octanol–water partition coefficient (Wildman–Crippen LogP) is 5.87. The average Bonchev–Trinajstić information content (AvgIpc) is 3.37. The molecule has 0 unspecified atom stereocenters. The number of pyridine rings is 2. The van der Waals surface area contributed by atoms with Gasteiger partial charge in [0.1, 0.15) is 23.1 Å². The number of benzene rings is 2. The minimum Gasteiger partial charge on any atom is -0.495 e. The van der Waals surface area contributed by atoms with Crippen LogP contribution in [-0.2, 0) is 6.42 Å². The maximum absolute atomic E-state index is 14.4. The van der Waals surface area contributed by atoms with Crippen LogP contribution in [0.2, 0.25) is 0 Å². The summed E-state index contributed by atoms with van der Waals surface area (Å²) in [5, 5.41) is 2.71. The molecule has 5 aromatic rings. The van der Waals surface area contributed by atoms with Gasteiger partial charge in [0.15, 0.2) is 0 Å². The predicted molar refractivity (Wildman–Crippen MR) is 161 cm³/mol. The summed E-state index contributed by atoms with van der Waals surface area (Å²) in [6.45, 7) is 2.09. The van der Waals surface area contributed by atoms with Crippen molar-refractivity contribution in [3.63, 3.8) is 0 Å². The number of nitrogens with zero attached hydrogens (tertiary/aromatic N) is 3. The van der Waals surface area contributed by atoms with E-state index in [1.54, 1.807) is 48.2 Å². The number of para-hydroxylation sites is 2. The van der Waals surface area contributed by atoms with Crippen LogP contribution in [0.15, 0.2) is 89.9 Å². The van der Waals surface area contributed by atoms with Gasteiger partial charge in [0.2, 0.25) is 0 Å². The molecule has 2 amide bonds. The van der Waals surface area contributed by atoms with Crippen LogP contribution in [0.1, 0.15) is 31.3 Å². The molecule has 3 aromatic heterocycles. The van der Waals surface area contributed by atoms with E-state index < -0.39 is 5.82 Å². The summed E-state index contributed by atoms with van der Waals surface area (Å²) in [7, 11) is 1.51. The Hall–Kier alpha value is -5.09. The topological polar surface area (TPSA) is 93.5 Å². The maximum Gasteiger partial charge on any atom is 0.276 e. The van der Waals surface area contributed by atoms with Crippen LogP contribution >= 0.6 is 11.3 Å². The molecule has 4 heterocycles. The molecule has 1 aliphatic heterocycles. The van der Waals surface area contributed by atoms with Crippen molar-refractivity contribution in [2.45, 2.75) is 13.3 Å². The van der Waals surface area contributed by atoms with E-state index in [0.29, 0.717) is 40.7 Å². The lowest BCUT2D eigenvalue weighted by Gasteiger charge is -2.23. The number of carbonyl (C=O) groups is 2. The quantitative estimate of drug-likeness (QED) is 0.281. The third-order valence-corrected chi connectivity index (χ3v) is 8.31. The minimum atomic E-state index is -0.491. The molecule has 6 rings (SSSR count). The second-order valence-electron chi connectivity index (χ2n) is 9.73. The molecule has 8 nitrogen and oxygen atoms in total. The highest BCUT2D eigenvalue weighted by Crippen LogP contribution is 2.42. The molecule has 0 bridgehead atoms. The average molecular weight is 581 g/mol. The number of methoxy groups -OCH3 is 1. The van der Waals surface area contributed by atoms with Crippen molar-refractivity contribution in [1.29, 1.82) is 0 Å². The standard InChI is InChI=1S/C32H25FN4O4S/c1-19-7-5-9-23(33)29(19)35-31(39)26-17-20-15-16-36(25-11-4-3-8-22(25)30(20)42-26)32(40)24-10-6-12-27(34-24)37-18-21(41-2)13-14-28(37)38/h3-14,17-18H,15-16H2,1-2H3,(H,35,39). The van der Waals surface area contributed by atoms with Crippen LogP contribution in [-0.4, -0.2) is 35.0 Å². The Morgan fingerprint density at radius 2 is 1.83 bits per heavy atom. The van der Waals surface area contributed by atoms with Crippen LogP contribution in [0.4, 0.5) is 15.8 Å². The zero-order valence-electron chi connectivity index (χ0n) is 22.8. The first-order chi connectivity index (χ1) is 20.3. The number of amides is 2. The van der Waals surface area contributed by atoms with Gasteiger partial charge in [-0.2, -0.15) is 0 Å². The lowest BCUT2D eigenvalue weighted by atomic mass is 10.1. The molecule has 1 aliphatic rings. The fourth-order valence-corrected chi connectivity index (χ4v) is 6.11. The number of hydrogen-bond donors (Lipinski definition) is 1. The van der Waals surface area contributed by atoms with E-state index in [9.17, 15) is 18.8 Å². The van der Waals surface area contributed by atoms with Gasteiger partial charge in [0, 0.05) is 23.1 Å². The van der Waals surface area contributed by atoms with Gasteiger partial charge in [-0.1, -0.05) is 36.4 Å². The summed E-state index contributed by atoms with van der Waals surface area (Å²) < 4.78 is 20.9. The highest BCUT2D eigenvalue weighted by atomic mass is 32.1. The summed E-state index contributed by atoms with van der Waals surface area (Å²) >= 11 is 1.31. The van der Waals surface area contributed by atoms with Crippen LogP contribution < -0.4 is 20.5 Å². The largest absolute Gasteiger partial charge is 0.495 e. The molecule has 0 aliphatic carbocycles. The van der Waals surface area contributed by atoms with E-state index in [1.807, 2.05) is 30.3 Å². The van der Waals surface area contributed by atoms with Gasteiger partial charge >= 0.3 is 0 Å². The minimum absolute atomic E-state index is 0.161. The fraction of sp³-hybridized carbons (Fsp3) is 0.125. The van der Waals surface area contributed by atoms with E-state index in [2.05, 4.69) is 10.3 Å². The van der Waals surface area contributed by atoms with Crippen molar-refractivity contribution in [3.05, 3.63) is 123 Å². The first-order valence-corrected chi connectivity index (χ1v) is 14.0. The number of nitrogens with one attached hydrogen (secondary N) is 1. The molecule has 0 atom stereocenters. The van der Waals surface area contributed by atoms with Gasteiger partial charge in [-0.05, 0) is 60.9 Å². The Morgan fingerprint density at radius 3 is 2.64 bits per heavy atom. The van der Waals surface area contributed by atoms with Crippen molar-refractivity contribution in [3.8, 4) is 22.0 Å². The number of ether oxygens (including phenoxy) is 1. The van der Waals surface area contributed by atoms with Crippen LogP contribution in [0, 0.1) is 12.7 Å². The summed E-state index contributed by atoms with van der Waals surface area (Å²) in [5.41, 5.74) is 3.09. The van der Waals surface area contributed by atoms with Crippen molar-refractivity contribution < 1.29 is 18.7 Å². The van der Waals surface area contributed by atoms with Crippen molar-refractivity contribution in [2.24, 2.45) is 0 Å². The number of aryl methyl sites for hydroxylation is 1. The molecular formula is C32H25FN4O4S. The number of halogens is 1. The number of hydrogen-bond acceptors (Lipinski definition) is 6. The number of aromatic nitrogens is 2. The highest BCUT2D eigenvalue weighted by Gasteiger charge is 2.28. The Kier molecular flexibility index (Phi) is 7.13. The molecule has 0 saturated carbocycles. The van der Waals surface area contributed by atoms with Crippen LogP contribution in [0.5, 0.6) is 5.75 Å². The third kappa shape index (κ3) is 4.97. The number of anilines is 2. The van der Waals surface area contributed by atoms with Gasteiger partial charge in [-0.3, -0.25) is 19.0 Å². The van der Waals surface area contributed by atoms with E-state index in [-0.39, 0.29) is 28.8 Å². The number of thiophene rings is 1. The molecule has 1 N–H and O–H groups in total. The monoisotopic (exact) mass is 580 g/mol. The maximum atomic E-state index is 14.4. The zero-order valence-corrected chi connectivity index (χ0v) is 23.6. The molecule has 2 aromatic carbocycles. The van der Waals surface area contributed by atoms with E-state index in [1.165, 1.54) is 41.3 Å². The second-order valence-corrected chi connectivity index (χ2v) is 10.8. The van der Waals surface area contributed by atoms with E-state index >= 15 is 0 Å². The van der Waals surface area contributed by atoms with Crippen molar-refractivity contribution >= 4 is 34.5 Å². The van der Waals surface area contributed by atoms with Crippen LogP contribution in [0.25, 0.3) is 16.3 Å².